The first-order valence-electron chi connectivity index (χ1n) is 10.2. The quantitative estimate of drug-likeness (QED) is 0.499. The average molecular weight is 459 g/mol. The number of aryl methyl sites for hydroxylation is 1. The molecular formula is C23H17F4N3O3. The van der Waals surface area contributed by atoms with E-state index in [-0.39, 0.29) is 35.8 Å². The summed E-state index contributed by atoms with van der Waals surface area (Å²) in [5.74, 6) is -0.965. The van der Waals surface area contributed by atoms with Crippen molar-refractivity contribution < 1.29 is 27.1 Å². The maximum atomic E-state index is 14.0. The zero-order valence-electron chi connectivity index (χ0n) is 17.1. The molecule has 0 unspecified atom stereocenters. The molecule has 2 aromatic carbocycles. The normalized spacial score (nSPS) is 15.7. The Morgan fingerprint density at radius 3 is 2.45 bits per heavy atom. The number of carbonyl (C=O) groups excluding carboxylic acids is 1. The minimum Gasteiger partial charge on any atom is -0.491 e. The number of nitrogens with one attached hydrogen (secondary N) is 1. The molecule has 0 aliphatic carbocycles. The second kappa shape index (κ2) is 7.65. The Balaban J connectivity index is 1.76. The van der Waals surface area contributed by atoms with Crippen LogP contribution in [0.4, 0.5) is 34.6 Å². The summed E-state index contributed by atoms with van der Waals surface area (Å²) in [5.41, 5.74) is 0.00982. The number of hydrogen-bond donors (Lipinski definition) is 1. The van der Waals surface area contributed by atoms with Gasteiger partial charge in [-0.05, 0) is 49.2 Å². The van der Waals surface area contributed by atoms with Crippen LogP contribution in [-0.2, 0) is 12.6 Å². The summed E-state index contributed by atoms with van der Waals surface area (Å²) in [7, 11) is 0. The van der Waals surface area contributed by atoms with Gasteiger partial charge in [-0.3, -0.25) is 14.5 Å². The van der Waals surface area contributed by atoms with Gasteiger partial charge in [0.15, 0.2) is 0 Å². The van der Waals surface area contributed by atoms with Gasteiger partial charge in [0.25, 0.3) is 5.91 Å². The van der Waals surface area contributed by atoms with E-state index in [4.69, 9.17) is 4.74 Å². The average Bonchev–Trinajstić information content (AvgIpc) is 2.79. The number of hydrogen-bond acceptors (Lipinski definition) is 4. The van der Waals surface area contributed by atoms with Gasteiger partial charge in [-0.15, -0.1) is 0 Å². The molecule has 0 radical (unpaired) electrons. The molecule has 1 aromatic heterocycles. The molecule has 2 aliphatic rings. The number of benzene rings is 2. The smallest absolute Gasteiger partial charge is 0.416 e. The van der Waals surface area contributed by atoms with E-state index in [0.717, 1.165) is 12.1 Å². The van der Waals surface area contributed by atoms with Crippen molar-refractivity contribution in [3.8, 4) is 5.75 Å². The molecule has 1 N–H and O–H groups in total. The lowest BCUT2D eigenvalue weighted by molar-refractivity contribution is -0.137. The number of halogens is 4. The van der Waals surface area contributed by atoms with Crippen LogP contribution in [0.3, 0.4) is 0 Å². The highest BCUT2D eigenvalue weighted by Gasteiger charge is 2.37. The van der Waals surface area contributed by atoms with Crippen LogP contribution < -0.4 is 20.1 Å². The van der Waals surface area contributed by atoms with Crippen molar-refractivity contribution in [1.29, 1.82) is 0 Å². The number of anilines is 3. The van der Waals surface area contributed by atoms with Crippen molar-refractivity contribution in [2.24, 2.45) is 0 Å². The molecule has 2 aliphatic heterocycles. The largest absolute Gasteiger partial charge is 0.491 e. The predicted molar refractivity (Wildman–Crippen MR) is 113 cm³/mol. The van der Waals surface area contributed by atoms with Gasteiger partial charge in [-0.25, -0.2) is 4.39 Å². The van der Waals surface area contributed by atoms with E-state index in [1.54, 1.807) is 4.90 Å². The third-order valence-corrected chi connectivity index (χ3v) is 5.68. The van der Waals surface area contributed by atoms with Crippen LogP contribution in [0.5, 0.6) is 5.75 Å². The third-order valence-electron chi connectivity index (χ3n) is 5.68. The van der Waals surface area contributed by atoms with Gasteiger partial charge in [0.1, 0.15) is 18.2 Å². The number of aromatic nitrogens is 1. The molecule has 0 saturated carbocycles. The van der Waals surface area contributed by atoms with Gasteiger partial charge in [0.2, 0.25) is 5.56 Å². The van der Waals surface area contributed by atoms with Crippen molar-refractivity contribution >= 4 is 23.0 Å². The highest BCUT2D eigenvalue weighted by atomic mass is 19.4. The van der Waals surface area contributed by atoms with E-state index in [1.807, 2.05) is 0 Å². The topological polar surface area (TPSA) is 65.6 Å². The minimum atomic E-state index is -4.64. The van der Waals surface area contributed by atoms with E-state index in [2.05, 4.69) is 4.98 Å². The van der Waals surface area contributed by atoms with Crippen LogP contribution in [0.15, 0.2) is 53.3 Å². The number of alkyl halides is 3. The molecule has 170 valence electrons. The Morgan fingerprint density at radius 1 is 0.909 bits per heavy atom. The molecule has 0 atom stereocenters. The lowest BCUT2D eigenvalue weighted by Crippen LogP contribution is -2.45. The van der Waals surface area contributed by atoms with Crippen LogP contribution in [-0.4, -0.2) is 24.2 Å². The van der Waals surface area contributed by atoms with Gasteiger partial charge in [0, 0.05) is 17.8 Å². The Labute approximate surface area is 185 Å². The lowest BCUT2D eigenvalue weighted by Gasteiger charge is -2.39. The molecule has 2 bridgehead atoms. The molecule has 5 rings (SSSR count). The van der Waals surface area contributed by atoms with E-state index in [0.29, 0.717) is 29.9 Å². The first-order valence-corrected chi connectivity index (χ1v) is 10.2. The minimum absolute atomic E-state index is 0.0712. The molecule has 6 nitrogen and oxygen atoms in total. The summed E-state index contributed by atoms with van der Waals surface area (Å²) in [6, 6.07) is 9.57. The number of carbonyl (C=O) groups is 1. The van der Waals surface area contributed by atoms with Gasteiger partial charge >= 0.3 is 6.18 Å². The van der Waals surface area contributed by atoms with Crippen LogP contribution in [0.2, 0.25) is 0 Å². The van der Waals surface area contributed by atoms with Crippen molar-refractivity contribution in [2.75, 3.05) is 23.1 Å². The zero-order chi connectivity index (χ0) is 23.3. The number of pyridine rings is 1. The lowest BCUT2D eigenvalue weighted by atomic mass is 10.0. The molecule has 10 heteroatoms. The molecule has 0 fully saturated rings. The second-order valence-corrected chi connectivity index (χ2v) is 7.78. The third kappa shape index (κ3) is 3.71. The molecule has 0 spiro atoms. The standard InChI is InChI=1S/C23H17F4N3O3/c24-14-4-6-19-20(11-14)33-9-1-2-16-18(7-8-21(31)28-16)30-12-29(19)17-5-3-13(23(25,26)27)10-15(17)22(30)32/h3-8,10-11H,1-2,9,12H2,(H,28,31). The molecule has 3 heterocycles. The molecule has 0 saturated heterocycles. The van der Waals surface area contributed by atoms with E-state index < -0.39 is 23.5 Å². The van der Waals surface area contributed by atoms with Crippen molar-refractivity contribution in [3.05, 3.63) is 81.5 Å². The van der Waals surface area contributed by atoms with Crippen molar-refractivity contribution in [3.63, 3.8) is 0 Å². The fraction of sp³-hybridized carbons (Fsp3) is 0.217. The van der Waals surface area contributed by atoms with Gasteiger partial charge in [-0.1, -0.05) is 0 Å². The number of amides is 1. The number of H-pyrrole nitrogens is 1. The fourth-order valence-electron chi connectivity index (χ4n) is 4.15. The Morgan fingerprint density at radius 2 is 1.67 bits per heavy atom. The highest BCUT2D eigenvalue weighted by Crippen LogP contribution is 2.43. The van der Waals surface area contributed by atoms with Crippen LogP contribution in [0, 0.1) is 5.82 Å². The highest BCUT2D eigenvalue weighted by molar-refractivity contribution is 6.13. The maximum Gasteiger partial charge on any atom is 0.416 e. The van der Waals surface area contributed by atoms with Crippen LogP contribution in [0.25, 0.3) is 0 Å². The zero-order valence-corrected chi connectivity index (χ0v) is 17.1. The fourth-order valence-corrected chi connectivity index (χ4v) is 4.15. The summed E-state index contributed by atoms with van der Waals surface area (Å²) >= 11 is 0. The Bertz CT molecular complexity index is 1320. The van der Waals surface area contributed by atoms with E-state index >= 15 is 0 Å². The summed E-state index contributed by atoms with van der Waals surface area (Å²) in [4.78, 5) is 31.0. The number of nitrogens with zero attached hydrogens (tertiary/aromatic N) is 2. The molecule has 3 aromatic rings. The summed E-state index contributed by atoms with van der Waals surface area (Å²) in [6.07, 6.45) is -3.84. The Kier molecular flexibility index (Phi) is 4.88. The summed E-state index contributed by atoms with van der Waals surface area (Å²) < 4.78 is 60.0. The number of ether oxygens (including phenoxy) is 1. The van der Waals surface area contributed by atoms with E-state index in [9.17, 15) is 27.2 Å². The van der Waals surface area contributed by atoms with Gasteiger partial charge < -0.3 is 14.6 Å². The first kappa shape index (κ1) is 21.0. The van der Waals surface area contributed by atoms with Crippen LogP contribution in [0.1, 0.15) is 28.0 Å². The van der Waals surface area contributed by atoms with Gasteiger partial charge in [-0.2, -0.15) is 13.2 Å². The summed E-state index contributed by atoms with van der Waals surface area (Å²) in [5, 5.41) is 0. The first-order chi connectivity index (χ1) is 15.7. The molecular weight excluding hydrogens is 442 g/mol. The number of aromatic amines is 1. The van der Waals surface area contributed by atoms with Crippen molar-refractivity contribution in [2.45, 2.75) is 19.0 Å². The molecule has 33 heavy (non-hydrogen) atoms. The van der Waals surface area contributed by atoms with Crippen molar-refractivity contribution in [1.82, 2.24) is 4.98 Å². The number of rotatable bonds is 0. The monoisotopic (exact) mass is 459 g/mol. The van der Waals surface area contributed by atoms with Gasteiger partial charge in [0.05, 0.1) is 34.8 Å². The van der Waals surface area contributed by atoms with Crippen LogP contribution >= 0.6 is 0 Å². The predicted octanol–water partition coefficient (Wildman–Crippen LogP) is 4.61. The van der Waals surface area contributed by atoms with E-state index in [1.165, 1.54) is 41.3 Å². The summed E-state index contributed by atoms with van der Waals surface area (Å²) in [6.45, 7) is 0.132. The maximum absolute atomic E-state index is 14.0. The number of fused-ring (bicyclic) bond motifs is 8. The SMILES string of the molecule is O=C1c2cc(C(F)(F)F)ccc2N2CN1c1ccc(=O)[nH]c1CCCOc1cc(F)ccc12. The second-order valence-electron chi connectivity index (χ2n) is 7.78. The Hall–Kier alpha value is -3.82. The molecule has 1 amide bonds.